The molecule has 0 spiro atoms. The second-order valence-electron chi connectivity index (χ2n) is 18.9. The van der Waals surface area contributed by atoms with E-state index in [0.29, 0.717) is 22.4 Å². The van der Waals surface area contributed by atoms with Crippen LogP contribution in [0.15, 0.2) is 72.8 Å². The van der Waals surface area contributed by atoms with E-state index in [0.717, 1.165) is 22.8 Å². The number of nitro groups is 3. The van der Waals surface area contributed by atoms with Crippen LogP contribution in [0.4, 0.5) is 22.7 Å². The van der Waals surface area contributed by atoms with Crippen molar-refractivity contribution in [2.45, 2.75) is 112 Å². The van der Waals surface area contributed by atoms with Crippen LogP contribution in [0.5, 0.6) is 0 Å². The maximum Gasteiger partial charge on any atom is 0.394 e. The Hall–Kier alpha value is -6.73. The molecule has 0 unspecified atom stereocenters. The number of benzene rings is 4. The minimum Gasteiger partial charge on any atom is -0.478 e. The van der Waals surface area contributed by atoms with E-state index in [1.165, 1.54) is 50.6 Å². The van der Waals surface area contributed by atoms with Crippen molar-refractivity contribution in [3.05, 3.63) is 155 Å². The summed E-state index contributed by atoms with van der Waals surface area (Å²) in [6.07, 6.45) is 0. The maximum absolute atomic E-state index is 11.6. The van der Waals surface area contributed by atoms with Crippen LogP contribution in [0.25, 0.3) is 0 Å². The zero-order chi connectivity index (χ0) is 56.2. The second-order valence-corrected chi connectivity index (χ2v) is 19.8. The molecule has 6 N–H and O–H groups in total. The Morgan fingerprint density at radius 2 is 0.863 bits per heavy atom. The van der Waals surface area contributed by atoms with Crippen molar-refractivity contribution in [3.8, 4) is 6.07 Å². The van der Waals surface area contributed by atoms with Gasteiger partial charge in [0.15, 0.2) is 0 Å². The van der Waals surface area contributed by atoms with Crippen LogP contribution in [0.3, 0.4) is 0 Å². The molecular formula is C49H68N5O17PdS-. The van der Waals surface area contributed by atoms with Crippen molar-refractivity contribution < 1.29 is 86.8 Å². The minimum atomic E-state index is -4.67. The van der Waals surface area contributed by atoms with E-state index in [9.17, 15) is 44.7 Å². The Morgan fingerprint density at radius 3 is 1.14 bits per heavy atom. The van der Waals surface area contributed by atoms with Crippen molar-refractivity contribution >= 4 is 51.1 Å². The number of nitrogens with two attached hydrogens (primary N) is 1. The van der Waals surface area contributed by atoms with Gasteiger partial charge in [0.2, 0.25) is 0 Å². The van der Waals surface area contributed by atoms with Gasteiger partial charge in [-0.25, -0.2) is 14.4 Å². The molecule has 73 heavy (non-hydrogen) atoms. The molecule has 408 valence electrons. The van der Waals surface area contributed by atoms with Crippen molar-refractivity contribution in [2.24, 2.45) is 0 Å². The molecule has 0 saturated heterocycles. The molecule has 4 aromatic rings. The summed E-state index contributed by atoms with van der Waals surface area (Å²) in [7, 11) is -2.04. The molecular weight excluding hydrogens is 1070 g/mol. The molecule has 0 heterocycles. The molecule has 0 aromatic heterocycles. The molecule has 0 bridgehead atoms. The average Bonchev–Trinajstić information content (AvgIpc) is 3.24. The number of aliphatic hydroxyl groups is 1. The first-order valence-electron chi connectivity index (χ1n) is 21.0. The monoisotopic (exact) mass is 1140 g/mol. The Balaban J connectivity index is -0.000000410. The average molecular weight is 1140 g/mol. The molecule has 0 aliphatic heterocycles. The van der Waals surface area contributed by atoms with Gasteiger partial charge in [-0.1, -0.05) is 107 Å². The van der Waals surface area contributed by atoms with Gasteiger partial charge in [0.25, 0.3) is 17.1 Å². The molecule has 22 nitrogen and oxygen atoms in total. The number of anilines is 1. The van der Waals surface area contributed by atoms with E-state index < -0.39 is 37.1 Å². The number of nitriles is 1. The number of ether oxygens (including phenoxy) is 2. The van der Waals surface area contributed by atoms with Crippen LogP contribution in [-0.2, 0) is 62.0 Å². The number of non-ortho nitro benzene ring substituents is 3. The molecule has 24 heteroatoms. The Bertz CT molecular complexity index is 2670. The van der Waals surface area contributed by atoms with Gasteiger partial charge in [-0.2, -0.15) is 13.7 Å². The molecule has 0 fully saturated rings. The van der Waals surface area contributed by atoms with Crippen LogP contribution >= 0.6 is 0 Å². The predicted octanol–water partition coefficient (Wildman–Crippen LogP) is 10.2. The maximum atomic E-state index is 11.6. The first-order chi connectivity index (χ1) is 32.1. The number of methoxy groups -OCH3 is 2. The number of nitrogens with zero attached hydrogens (tertiary/aromatic N) is 4. The number of aromatic carboxylic acids is 1. The molecule has 4 rings (SSSR count). The van der Waals surface area contributed by atoms with Gasteiger partial charge in [-0.3, -0.25) is 39.4 Å². The van der Waals surface area contributed by atoms with Crippen LogP contribution in [0.1, 0.15) is 149 Å². The third-order valence-corrected chi connectivity index (χ3v) is 9.08. The topological polar surface area (TPSA) is 364 Å². The summed E-state index contributed by atoms with van der Waals surface area (Å²) < 4.78 is 41.0. The van der Waals surface area contributed by atoms with Crippen molar-refractivity contribution in [1.82, 2.24) is 0 Å². The van der Waals surface area contributed by atoms with Crippen molar-refractivity contribution in [1.29, 1.82) is 5.26 Å². The van der Waals surface area contributed by atoms with Gasteiger partial charge in [-0.05, 0) is 63.0 Å². The summed E-state index contributed by atoms with van der Waals surface area (Å²) in [5, 5.41) is 57.3. The smallest absolute Gasteiger partial charge is 0.394 e. The van der Waals surface area contributed by atoms with Gasteiger partial charge in [0.1, 0.15) is 0 Å². The predicted molar refractivity (Wildman–Crippen MR) is 273 cm³/mol. The van der Waals surface area contributed by atoms with Crippen LogP contribution in [0.2, 0.25) is 0 Å². The van der Waals surface area contributed by atoms with E-state index in [2.05, 4.69) is 4.74 Å². The van der Waals surface area contributed by atoms with Crippen molar-refractivity contribution in [2.75, 3.05) is 26.6 Å². The normalized spacial score (nSPS) is 10.6. The van der Waals surface area contributed by atoms with Crippen molar-refractivity contribution in [3.63, 3.8) is 0 Å². The van der Waals surface area contributed by atoms with E-state index >= 15 is 0 Å². The first-order valence-corrected chi connectivity index (χ1v) is 22.4. The fraction of sp³-hybridized carbons (Fsp3) is 0.408. The molecule has 0 aliphatic rings. The third-order valence-electron chi connectivity index (χ3n) is 9.08. The largest absolute Gasteiger partial charge is 0.478 e. The van der Waals surface area contributed by atoms with Crippen LogP contribution in [-0.4, -0.2) is 81.2 Å². The number of carbonyl (C=O) groups is 3. The number of esters is 2. The number of hydrogen-bond donors (Lipinski definition) is 5. The quantitative estimate of drug-likeness (QED) is 0.0228. The molecule has 0 atom stereocenters. The summed E-state index contributed by atoms with van der Waals surface area (Å²) in [6.45, 7) is 25.4. The fourth-order valence-corrected chi connectivity index (χ4v) is 5.94. The number of carboxylic acid groups (broad SMARTS) is 1. The van der Waals surface area contributed by atoms with E-state index in [1.807, 2.05) is 95.2 Å². The zero-order valence-corrected chi connectivity index (χ0v) is 46.2. The SMILES string of the molecule is CC(C)(C)c1ccc([N+](=O)[O-])cc1C#N.CC(C)(C)c1ccc([N+](=O)[O-])cc1C(=O)O.CCO.COC(=O)c1cc(N)ccc1C(C)(C)C.COC(=O)c1cc([N+](=O)[O-])ccc1C(C)(C)C.O=S(=O)(O)O.[CH3-].[Pd]. The Kier molecular flexibility index (Phi) is 30.9. The number of carboxylic acids is 1. The molecule has 0 radical (unpaired) electrons. The fourth-order valence-electron chi connectivity index (χ4n) is 5.94. The number of hydrogen-bond acceptors (Lipinski definition) is 16. The van der Waals surface area contributed by atoms with E-state index in [4.69, 9.17) is 43.5 Å². The van der Waals surface area contributed by atoms with Gasteiger partial charge in [-0.15, -0.1) is 0 Å². The van der Waals surface area contributed by atoms with Crippen LogP contribution < -0.4 is 5.73 Å². The molecule has 4 aromatic carbocycles. The first kappa shape index (κ1) is 72.8. The number of nitro benzene ring substituents is 3. The standard InChI is InChI=1S/C12H15NO4.C12H17NO2.C11H12N2O2.C11H13NO4.C2H6O.CH3.H2O4S.Pd/c1-12(2,3)10-6-5-8(13(15)16)7-9(10)11(14)17-4;1-12(2,3)10-6-5-8(13)7-9(10)11(14)15-4;1-11(2,3)10-5-4-9(13(14)15)6-8(10)7-12;1-11(2,3)9-5-4-7(12(15)16)6-8(9)10(13)14;1-2-3;;1-5(2,3)4;/h5-7H,1-4H3;5-7H,13H2,1-4H3;4-6H,1-3H3;4-6H,1-3H3,(H,13,14);3H,2H2,1H3;1H3;(H2,1,2,3,4);/q;;;;;-1;;. The second kappa shape index (κ2) is 31.0. The van der Waals surface area contributed by atoms with Gasteiger partial charge in [0.05, 0.1) is 57.3 Å². The summed E-state index contributed by atoms with van der Waals surface area (Å²) in [6, 6.07) is 19.9. The number of carbonyl (C=O) groups excluding carboxylic acids is 2. The minimum absolute atomic E-state index is 0. The summed E-state index contributed by atoms with van der Waals surface area (Å²) >= 11 is 0. The van der Waals surface area contributed by atoms with Gasteiger partial charge in [0, 0.05) is 69.1 Å². The summed E-state index contributed by atoms with van der Waals surface area (Å²) in [5.74, 6) is -2.04. The van der Waals surface area contributed by atoms with Gasteiger partial charge >= 0.3 is 28.3 Å². The van der Waals surface area contributed by atoms with E-state index in [1.54, 1.807) is 31.2 Å². The number of rotatable bonds is 6. The molecule has 0 amide bonds. The molecule has 0 aliphatic carbocycles. The van der Waals surface area contributed by atoms with E-state index in [-0.39, 0.29) is 90.3 Å². The summed E-state index contributed by atoms with van der Waals surface area (Å²) in [5.41, 5.74) is 9.20. The Morgan fingerprint density at radius 1 is 0.603 bits per heavy atom. The Labute approximate surface area is 440 Å². The number of nitrogen functional groups attached to an aromatic ring is 1. The summed E-state index contributed by atoms with van der Waals surface area (Å²) in [4.78, 5) is 64.3. The van der Waals surface area contributed by atoms with Gasteiger partial charge < -0.3 is 32.8 Å². The number of aliphatic hydroxyl groups excluding tert-OH is 1. The zero-order valence-electron chi connectivity index (χ0n) is 43.8. The third kappa shape index (κ3) is 26.5. The molecule has 0 saturated carbocycles. The van der Waals surface area contributed by atoms with Crippen LogP contribution in [0, 0.1) is 49.1 Å².